The third-order valence-corrected chi connectivity index (χ3v) is 5.37. The summed E-state index contributed by atoms with van der Waals surface area (Å²) in [5.74, 6) is 0.973. The third-order valence-electron chi connectivity index (χ3n) is 3.29. The van der Waals surface area contributed by atoms with Gasteiger partial charge in [-0.25, -0.2) is 8.42 Å². The van der Waals surface area contributed by atoms with E-state index in [-0.39, 0.29) is 9.92 Å². The lowest BCUT2D eigenvalue weighted by Crippen LogP contribution is -2.14. The van der Waals surface area contributed by atoms with Gasteiger partial charge in [-0.15, -0.1) is 0 Å². The van der Waals surface area contributed by atoms with Crippen molar-refractivity contribution >= 4 is 38.9 Å². The molecule has 3 rings (SSSR count). The maximum atomic E-state index is 12.6. The van der Waals surface area contributed by atoms with Crippen LogP contribution in [0.25, 0.3) is 0 Å². The van der Waals surface area contributed by atoms with Crippen LogP contribution in [0.3, 0.4) is 0 Å². The number of hydrogen-bond acceptors (Lipinski definition) is 3. The molecule has 3 aromatic carbocycles. The Morgan fingerprint density at radius 1 is 0.840 bits per heavy atom. The van der Waals surface area contributed by atoms with Crippen LogP contribution in [0.4, 0.5) is 5.69 Å². The van der Waals surface area contributed by atoms with Crippen molar-refractivity contribution in [2.24, 2.45) is 0 Å². The Kier molecular flexibility index (Phi) is 5.18. The first-order valence-corrected chi connectivity index (χ1v) is 9.49. The molecule has 0 spiro atoms. The predicted molar refractivity (Wildman–Crippen MR) is 100 cm³/mol. The van der Waals surface area contributed by atoms with E-state index < -0.39 is 10.0 Å². The highest BCUT2D eigenvalue weighted by atomic mass is 35.5. The van der Waals surface area contributed by atoms with Gasteiger partial charge < -0.3 is 4.74 Å². The lowest BCUT2D eigenvalue weighted by Gasteiger charge is -2.14. The number of sulfonamides is 1. The van der Waals surface area contributed by atoms with Crippen LogP contribution in [-0.2, 0) is 10.0 Å². The molecule has 1 N–H and O–H groups in total. The van der Waals surface area contributed by atoms with E-state index in [0.29, 0.717) is 22.2 Å². The summed E-state index contributed by atoms with van der Waals surface area (Å²) in [6, 6.07) is 20.0. The second kappa shape index (κ2) is 7.35. The van der Waals surface area contributed by atoms with Crippen LogP contribution in [0.5, 0.6) is 11.5 Å². The van der Waals surface area contributed by atoms with Crippen molar-refractivity contribution in [1.29, 1.82) is 0 Å². The summed E-state index contributed by atoms with van der Waals surface area (Å²) in [4.78, 5) is -0.0620. The summed E-state index contributed by atoms with van der Waals surface area (Å²) in [6.07, 6.45) is 0. The minimum absolute atomic E-state index is 0.0430. The largest absolute Gasteiger partial charge is 0.455 e. The monoisotopic (exact) mass is 393 g/mol. The number of rotatable bonds is 5. The first kappa shape index (κ1) is 17.6. The standard InChI is InChI=1S/C18H13Cl2NO3S/c19-13-10-11-18(15(20)12-13)25(22,23)21-16-8-4-5-9-17(16)24-14-6-2-1-3-7-14/h1-12,21H. The summed E-state index contributed by atoms with van der Waals surface area (Å²) >= 11 is 11.8. The fourth-order valence-corrected chi connectivity index (χ4v) is 3.99. The van der Waals surface area contributed by atoms with Gasteiger partial charge >= 0.3 is 0 Å². The lowest BCUT2D eigenvalue weighted by molar-refractivity contribution is 0.485. The molecule has 0 saturated heterocycles. The van der Waals surface area contributed by atoms with Gasteiger partial charge in [-0.2, -0.15) is 0 Å². The molecule has 3 aromatic rings. The van der Waals surface area contributed by atoms with Gasteiger partial charge in [0.15, 0.2) is 5.75 Å². The maximum absolute atomic E-state index is 12.6. The Hall–Kier alpha value is -2.21. The van der Waals surface area contributed by atoms with E-state index in [4.69, 9.17) is 27.9 Å². The molecule has 0 radical (unpaired) electrons. The zero-order chi connectivity index (χ0) is 17.9. The van der Waals surface area contributed by atoms with E-state index in [1.807, 2.05) is 18.2 Å². The van der Waals surface area contributed by atoms with Crippen molar-refractivity contribution < 1.29 is 13.2 Å². The summed E-state index contributed by atoms with van der Waals surface area (Å²) in [5.41, 5.74) is 0.303. The minimum atomic E-state index is -3.90. The van der Waals surface area contributed by atoms with Crippen molar-refractivity contribution in [3.8, 4) is 11.5 Å². The molecule has 128 valence electrons. The molecule has 7 heteroatoms. The molecule has 0 aliphatic carbocycles. The van der Waals surface area contributed by atoms with Crippen LogP contribution in [0, 0.1) is 0 Å². The smallest absolute Gasteiger partial charge is 0.263 e. The molecule has 0 aliphatic rings. The molecule has 0 fully saturated rings. The molecule has 0 bridgehead atoms. The lowest BCUT2D eigenvalue weighted by atomic mass is 10.3. The van der Waals surface area contributed by atoms with Crippen LogP contribution in [0.1, 0.15) is 0 Å². The fourth-order valence-electron chi connectivity index (χ4n) is 2.15. The molecule has 0 atom stereocenters. The molecule has 0 aliphatic heterocycles. The zero-order valence-electron chi connectivity index (χ0n) is 12.8. The molecule has 0 saturated carbocycles. The number of ether oxygens (including phenoxy) is 1. The average Bonchev–Trinajstić information content (AvgIpc) is 2.57. The summed E-state index contributed by atoms with van der Waals surface area (Å²) in [7, 11) is -3.90. The van der Waals surface area contributed by atoms with Crippen molar-refractivity contribution in [1.82, 2.24) is 0 Å². The molecule has 0 aromatic heterocycles. The van der Waals surface area contributed by atoms with E-state index >= 15 is 0 Å². The molecule has 0 unspecified atom stereocenters. The number of hydrogen-bond donors (Lipinski definition) is 1. The highest BCUT2D eigenvalue weighted by Gasteiger charge is 2.20. The molecule has 4 nitrogen and oxygen atoms in total. The van der Waals surface area contributed by atoms with Crippen molar-refractivity contribution in [2.75, 3.05) is 4.72 Å². The van der Waals surface area contributed by atoms with Gasteiger partial charge in [-0.3, -0.25) is 4.72 Å². The third kappa shape index (κ3) is 4.25. The minimum Gasteiger partial charge on any atom is -0.455 e. The van der Waals surface area contributed by atoms with Crippen molar-refractivity contribution in [2.45, 2.75) is 4.90 Å². The topological polar surface area (TPSA) is 55.4 Å². The van der Waals surface area contributed by atoms with Crippen LogP contribution in [0.2, 0.25) is 10.0 Å². The average molecular weight is 394 g/mol. The van der Waals surface area contributed by atoms with E-state index in [2.05, 4.69) is 4.72 Å². The number of halogens is 2. The van der Waals surface area contributed by atoms with E-state index in [1.54, 1.807) is 36.4 Å². The summed E-state index contributed by atoms with van der Waals surface area (Å²) < 4.78 is 33.6. The zero-order valence-corrected chi connectivity index (χ0v) is 15.1. The molecule has 0 heterocycles. The quantitative estimate of drug-likeness (QED) is 0.614. The second-order valence-corrected chi connectivity index (χ2v) is 7.59. The highest BCUT2D eigenvalue weighted by Crippen LogP contribution is 2.32. The van der Waals surface area contributed by atoms with E-state index in [0.717, 1.165) is 0 Å². The molecule has 0 amide bonds. The van der Waals surface area contributed by atoms with Crippen LogP contribution < -0.4 is 9.46 Å². The number of para-hydroxylation sites is 3. The van der Waals surface area contributed by atoms with Gasteiger partial charge in [0.1, 0.15) is 10.6 Å². The van der Waals surface area contributed by atoms with Crippen LogP contribution >= 0.6 is 23.2 Å². The first-order valence-electron chi connectivity index (χ1n) is 7.25. The Morgan fingerprint density at radius 2 is 1.52 bits per heavy atom. The van der Waals surface area contributed by atoms with E-state index in [1.165, 1.54) is 18.2 Å². The summed E-state index contributed by atoms with van der Waals surface area (Å²) in [6.45, 7) is 0. The van der Waals surface area contributed by atoms with Gasteiger partial charge in [0.25, 0.3) is 10.0 Å². The Morgan fingerprint density at radius 3 is 2.24 bits per heavy atom. The summed E-state index contributed by atoms with van der Waals surface area (Å²) in [5, 5.41) is 0.401. The number of nitrogens with one attached hydrogen (secondary N) is 1. The Bertz CT molecular complexity index is 992. The van der Waals surface area contributed by atoms with Gasteiger partial charge in [-0.05, 0) is 42.5 Å². The highest BCUT2D eigenvalue weighted by molar-refractivity contribution is 7.92. The van der Waals surface area contributed by atoms with Gasteiger partial charge in [0, 0.05) is 5.02 Å². The molecule has 25 heavy (non-hydrogen) atoms. The van der Waals surface area contributed by atoms with Crippen molar-refractivity contribution in [3.63, 3.8) is 0 Å². The Balaban J connectivity index is 1.92. The number of anilines is 1. The van der Waals surface area contributed by atoms with Gasteiger partial charge in [0.2, 0.25) is 0 Å². The predicted octanol–water partition coefficient (Wildman–Crippen LogP) is 5.59. The van der Waals surface area contributed by atoms with Crippen LogP contribution in [0.15, 0.2) is 77.7 Å². The maximum Gasteiger partial charge on any atom is 0.263 e. The SMILES string of the molecule is O=S(=O)(Nc1ccccc1Oc1ccccc1)c1ccc(Cl)cc1Cl. The normalized spacial score (nSPS) is 11.1. The second-order valence-electron chi connectivity index (χ2n) is 5.09. The Labute approximate surface area is 156 Å². The first-order chi connectivity index (χ1) is 12.0. The van der Waals surface area contributed by atoms with Gasteiger partial charge in [0.05, 0.1) is 10.7 Å². The van der Waals surface area contributed by atoms with Crippen LogP contribution in [-0.4, -0.2) is 8.42 Å². The molecular weight excluding hydrogens is 381 g/mol. The number of benzene rings is 3. The fraction of sp³-hybridized carbons (Fsp3) is 0. The molecular formula is C18H13Cl2NO3S. The van der Waals surface area contributed by atoms with Crippen molar-refractivity contribution in [3.05, 3.63) is 82.8 Å². The van der Waals surface area contributed by atoms with E-state index in [9.17, 15) is 8.42 Å². The van der Waals surface area contributed by atoms with Gasteiger partial charge in [-0.1, -0.05) is 53.5 Å².